The highest BCUT2D eigenvalue weighted by Crippen LogP contribution is 2.44. The molecule has 3 aromatic rings. The molecule has 1 unspecified atom stereocenters. The van der Waals surface area contributed by atoms with E-state index in [1.165, 1.54) is 17.0 Å². The molecule has 0 spiro atoms. The van der Waals surface area contributed by atoms with Crippen LogP contribution >= 0.6 is 0 Å². The van der Waals surface area contributed by atoms with Crippen LogP contribution in [0.2, 0.25) is 0 Å². The predicted octanol–water partition coefficient (Wildman–Crippen LogP) is 4.73. The van der Waals surface area contributed by atoms with Crippen molar-refractivity contribution in [2.45, 2.75) is 12.3 Å². The quantitative estimate of drug-likeness (QED) is 0.557. The van der Waals surface area contributed by atoms with Crippen molar-refractivity contribution in [3.8, 4) is 11.1 Å². The molecule has 0 aromatic heterocycles. The van der Waals surface area contributed by atoms with E-state index in [9.17, 15) is 23.9 Å². The van der Waals surface area contributed by atoms with Crippen LogP contribution in [0, 0.1) is 11.7 Å². The third kappa shape index (κ3) is 4.23. The Kier molecular flexibility index (Phi) is 5.94. The lowest BCUT2D eigenvalue weighted by molar-refractivity contribution is -0.141. The first-order valence-corrected chi connectivity index (χ1v) is 11.4. The Bertz CT molecular complexity index is 1280. The van der Waals surface area contributed by atoms with Crippen LogP contribution in [0.3, 0.4) is 0 Å². The molecule has 1 heterocycles. The van der Waals surface area contributed by atoms with Gasteiger partial charge in [0.2, 0.25) is 0 Å². The maximum Gasteiger partial charge on any atom is 0.411 e. The fraction of sp³-hybridized carbons (Fsp3) is 0.222. The zero-order chi connectivity index (χ0) is 24.5. The highest BCUT2D eigenvalue weighted by atomic mass is 19.1. The average molecular weight is 474 g/mol. The van der Waals surface area contributed by atoms with E-state index in [1.54, 1.807) is 0 Å². The molecule has 1 aliphatic heterocycles. The van der Waals surface area contributed by atoms with Gasteiger partial charge in [-0.1, -0.05) is 54.6 Å². The highest BCUT2D eigenvalue weighted by molar-refractivity contribution is 6.03. The average Bonchev–Trinajstić information content (AvgIpc) is 3.48. The van der Waals surface area contributed by atoms with Crippen LogP contribution < -0.4 is 5.32 Å². The zero-order valence-electron chi connectivity index (χ0n) is 18.7. The van der Waals surface area contributed by atoms with Crippen molar-refractivity contribution in [3.63, 3.8) is 0 Å². The van der Waals surface area contributed by atoms with Crippen molar-refractivity contribution in [1.82, 2.24) is 4.90 Å². The number of rotatable bonds is 5. The number of fused-ring (bicyclic) bond motifs is 3. The molecule has 1 saturated heterocycles. The first kappa shape index (κ1) is 22.6. The summed E-state index contributed by atoms with van der Waals surface area (Å²) in [6.45, 7) is 0.329. The first-order valence-electron chi connectivity index (χ1n) is 11.4. The predicted molar refractivity (Wildman–Crippen MR) is 127 cm³/mol. The molecule has 0 bridgehead atoms. The molecular weight excluding hydrogens is 451 g/mol. The topological polar surface area (TPSA) is 95.9 Å². The molecule has 8 heteroatoms. The molecule has 178 valence electrons. The Balaban J connectivity index is 1.31. The van der Waals surface area contributed by atoms with Gasteiger partial charge in [-0.15, -0.1) is 0 Å². The van der Waals surface area contributed by atoms with E-state index in [1.807, 2.05) is 48.5 Å². The van der Waals surface area contributed by atoms with Crippen molar-refractivity contribution < 1.29 is 28.6 Å². The van der Waals surface area contributed by atoms with Crippen molar-refractivity contribution in [2.24, 2.45) is 5.92 Å². The largest absolute Gasteiger partial charge is 0.481 e. The Hall–Kier alpha value is -4.20. The molecule has 35 heavy (non-hydrogen) atoms. The van der Waals surface area contributed by atoms with E-state index in [4.69, 9.17) is 4.74 Å². The number of carboxylic acids is 1. The van der Waals surface area contributed by atoms with E-state index in [2.05, 4.69) is 5.32 Å². The minimum Gasteiger partial charge on any atom is -0.481 e. The summed E-state index contributed by atoms with van der Waals surface area (Å²) >= 11 is 0. The summed E-state index contributed by atoms with van der Waals surface area (Å²) in [5.41, 5.74) is 3.93. The third-order valence-electron chi connectivity index (χ3n) is 6.64. The normalized spacial score (nSPS) is 16.5. The van der Waals surface area contributed by atoms with Gasteiger partial charge in [0, 0.05) is 19.0 Å². The van der Waals surface area contributed by atoms with Crippen molar-refractivity contribution in [1.29, 1.82) is 0 Å². The van der Waals surface area contributed by atoms with Gasteiger partial charge in [-0.2, -0.15) is 0 Å². The van der Waals surface area contributed by atoms with E-state index in [-0.39, 0.29) is 36.9 Å². The van der Waals surface area contributed by atoms with Gasteiger partial charge in [0.1, 0.15) is 12.4 Å². The van der Waals surface area contributed by atoms with E-state index < -0.39 is 29.7 Å². The second kappa shape index (κ2) is 9.21. The number of carbonyl (C=O) groups is 3. The van der Waals surface area contributed by atoms with Crippen LogP contribution in [0.4, 0.5) is 14.9 Å². The van der Waals surface area contributed by atoms with Gasteiger partial charge < -0.3 is 14.7 Å². The van der Waals surface area contributed by atoms with E-state index in [0.29, 0.717) is 6.42 Å². The van der Waals surface area contributed by atoms with Crippen LogP contribution in [0.5, 0.6) is 0 Å². The summed E-state index contributed by atoms with van der Waals surface area (Å²) in [5.74, 6) is -3.12. The van der Waals surface area contributed by atoms with Crippen LogP contribution in [0.1, 0.15) is 33.8 Å². The molecule has 2 N–H and O–H groups in total. The molecule has 0 saturated carbocycles. The lowest BCUT2D eigenvalue weighted by atomic mass is 9.98. The van der Waals surface area contributed by atoms with Gasteiger partial charge in [0.15, 0.2) is 0 Å². The number of anilines is 1. The maximum atomic E-state index is 14.7. The first-order chi connectivity index (χ1) is 16.9. The minimum absolute atomic E-state index is 0.0368. The zero-order valence-corrected chi connectivity index (χ0v) is 18.7. The smallest absolute Gasteiger partial charge is 0.411 e. The van der Waals surface area contributed by atoms with Gasteiger partial charge in [-0.3, -0.25) is 14.9 Å². The number of para-hydroxylation sites is 1. The summed E-state index contributed by atoms with van der Waals surface area (Å²) in [6.07, 6.45) is -0.554. The fourth-order valence-electron chi connectivity index (χ4n) is 4.88. The van der Waals surface area contributed by atoms with Crippen LogP contribution in [0.25, 0.3) is 11.1 Å². The number of nitrogens with one attached hydrogen (secondary N) is 1. The third-order valence-corrected chi connectivity index (χ3v) is 6.64. The van der Waals surface area contributed by atoms with Gasteiger partial charge in [0.05, 0.1) is 17.2 Å². The van der Waals surface area contributed by atoms with Crippen molar-refractivity contribution >= 4 is 23.7 Å². The maximum absolute atomic E-state index is 14.7. The molecular formula is C27H23FN2O5. The number of carboxylic acid groups (broad SMARTS) is 1. The number of carbonyl (C=O) groups excluding carboxylic acids is 2. The number of benzene rings is 3. The number of aliphatic carboxylic acids is 1. The number of halogens is 1. The van der Waals surface area contributed by atoms with Gasteiger partial charge in [0.25, 0.3) is 5.91 Å². The number of likely N-dealkylation sites (tertiary alicyclic amines) is 1. The number of hydrogen-bond donors (Lipinski definition) is 2. The summed E-state index contributed by atoms with van der Waals surface area (Å²) in [7, 11) is 0. The standard InChI is InChI=1S/C27H23FN2O5/c28-23-11-5-10-21(25(31)30-13-12-16(14-30)26(32)33)24(23)29-27(34)35-15-22-19-8-3-1-6-17(19)18-7-2-4-9-20(18)22/h1-11,16,22H,12-15H2,(H,29,34)(H,32,33). The number of hydrogen-bond acceptors (Lipinski definition) is 4. The molecule has 2 aliphatic rings. The van der Waals surface area contributed by atoms with Crippen LogP contribution in [0.15, 0.2) is 66.7 Å². The molecule has 0 radical (unpaired) electrons. The molecule has 3 aromatic carbocycles. The second-order valence-electron chi connectivity index (χ2n) is 8.69. The van der Waals surface area contributed by atoms with Crippen LogP contribution in [-0.4, -0.2) is 47.7 Å². The number of nitrogens with zero attached hydrogens (tertiary/aromatic N) is 1. The number of ether oxygens (including phenoxy) is 1. The Morgan fingerprint density at radius 1 is 0.971 bits per heavy atom. The number of amides is 2. The molecule has 7 nitrogen and oxygen atoms in total. The minimum atomic E-state index is -0.975. The molecule has 1 aliphatic carbocycles. The molecule has 2 amide bonds. The van der Waals surface area contributed by atoms with Crippen LogP contribution in [-0.2, 0) is 9.53 Å². The SMILES string of the molecule is O=C(Nc1c(F)cccc1C(=O)N1CCC(C(=O)O)C1)OCC1c2ccccc2-c2ccccc21. The summed E-state index contributed by atoms with van der Waals surface area (Å²) < 4.78 is 20.2. The highest BCUT2D eigenvalue weighted by Gasteiger charge is 2.33. The Morgan fingerprint density at radius 3 is 2.26 bits per heavy atom. The summed E-state index contributed by atoms with van der Waals surface area (Å²) in [6, 6.07) is 19.7. The summed E-state index contributed by atoms with van der Waals surface area (Å²) in [5, 5.41) is 11.6. The molecule has 1 fully saturated rings. The monoisotopic (exact) mass is 474 g/mol. The second-order valence-corrected chi connectivity index (χ2v) is 8.69. The molecule has 5 rings (SSSR count). The van der Waals surface area contributed by atoms with E-state index in [0.717, 1.165) is 28.3 Å². The lowest BCUT2D eigenvalue weighted by Crippen LogP contribution is -2.31. The van der Waals surface area contributed by atoms with Gasteiger partial charge in [-0.25, -0.2) is 9.18 Å². The van der Waals surface area contributed by atoms with Crippen molar-refractivity contribution in [2.75, 3.05) is 25.0 Å². The molecule has 1 atom stereocenters. The fourth-order valence-corrected chi connectivity index (χ4v) is 4.88. The van der Waals surface area contributed by atoms with E-state index >= 15 is 0 Å². The Morgan fingerprint density at radius 2 is 1.63 bits per heavy atom. The summed E-state index contributed by atoms with van der Waals surface area (Å²) in [4.78, 5) is 38.3. The van der Waals surface area contributed by atoms with Gasteiger partial charge >= 0.3 is 12.1 Å². The Labute approximate surface area is 201 Å². The lowest BCUT2D eigenvalue weighted by Gasteiger charge is -2.19. The van der Waals surface area contributed by atoms with Gasteiger partial charge in [-0.05, 0) is 40.8 Å². The van der Waals surface area contributed by atoms with Crippen molar-refractivity contribution in [3.05, 3.63) is 89.2 Å².